The molecule has 2 fully saturated rings. The second kappa shape index (κ2) is 5.47. The number of hydrogen-bond acceptors (Lipinski definition) is 3. The van der Waals surface area contributed by atoms with Gasteiger partial charge in [-0.1, -0.05) is 18.2 Å². The summed E-state index contributed by atoms with van der Waals surface area (Å²) in [5.74, 6) is -0.936. The van der Waals surface area contributed by atoms with E-state index in [4.69, 9.17) is 5.11 Å². The van der Waals surface area contributed by atoms with Gasteiger partial charge < -0.3 is 10.0 Å². The molecule has 1 amide bonds. The van der Waals surface area contributed by atoms with Crippen molar-refractivity contribution >= 4 is 11.9 Å². The summed E-state index contributed by atoms with van der Waals surface area (Å²) in [7, 11) is 0. The van der Waals surface area contributed by atoms with Crippen LogP contribution < -0.4 is 0 Å². The van der Waals surface area contributed by atoms with Gasteiger partial charge in [-0.05, 0) is 36.8 Å². The van der Waals surface area contributed by atoms with Gasteiger partial charge in [0.05, 0.1) is 23.4 Å². The zero-order valence-electron chi connectivity index (χ0n) is 13.3. The molecule has 1 N–H and O–H groups in total. The van der Waals surface area contributed by atoms with Crippen molar-refractivity contribution in [3.63, 3.8) is 0 Å². The molecule has 1 aromatic heterocycles. The van der Waals surface area contributed by atoms with Crippen LogP contribution in [0.1, 0.15) is 29.6 Å². The molecule has 1 spiro atoms. The lowest BCUT2D eigenvalue weighted by Crippen LogP contribution is -2.39. The molecule has 1 aromatic carbocycles. The van der Waals surface area contributed by atoms with Crippen LogP contribution in [-0.4, -0.2) is 44.8 Å². The summed E-state index contributed by atoms with van der Waals surface area (Å²) in [4.78, 5) is 25.6. The smallest absolute Gasteiger partial charge is 0.307 e. The molecule has 1 unspecified atom stereocenters. The number of carbonyl (C=O) groups is 2. The van der Waals surface area contributed by atoms with E-state index < -0.39 is 5.97 Å². The van der Waals surface area contributed by atoms with Crippen molar-refractivity contribution in [1.29, 1.82) is 0 Å². The summed E-state index contributed by atoms with van der Waals surface area (Å²) in [6.45, 7) is 1.25. The van der Waals surface area contributed by atoms with E-state index in [1.165, 1.54) is 0 Å². The number of piperidine rings is 1. The van der Waals surface area contributed by atoms with Gasteiger partial charge >= 0.3 is 5.97 Å². The van der Waals surface area contributed by atoms with Crippen molar-refractivity contribution in [1.82, 2.24) is 14.7 Å². The van der Waals surface area contributed by atoms with Crippen LogP contribution in [0.5, 0.6) is 0 Å². The number of aliphatic carboxylic acids is 1. The van der Waals surface area contributed by atoms with Crippen LogP contribution in [0.15, 0.2) is 42.7 Å². The Hall–Kier alpha value is -2.63. The van der Waals surface area contributed by atoms with Gasteiger partial charge in [0.25, 0.3) is 5.91 Å². The van der Waals surface area contributed by atoms with E-state index in [9.17, 15) is 9.59 Å². The first-order chi connectivity index (χ1) is 11.6. The maximum Gasteiger partial charge on any atom is 0.307 e. The van der Waals surface area contributed by atoms with Gasteiger partial charge in [-0.3, -0.25) is 9.59 Å². The highest BCUT2D eigenvalue weighted by atomic mass is 16.4. The molecule has 1 aliphatic carbocycles. The molecule has 124 valence electrons. The van der Waals surface area contributed by atoms with E-state index in [1.807, 2.05) is 35.2 Å². The highest BCUT2D eigenvalue weighted by Gasteiger charge is 2.59. The van der Waals surface area contributed by atoms with Crippen LogP contribution in [0.25, 0.3) is 5.69 Å². The number of aromatic nitrogens is 2. The van der Waals surface area contributed by atoms with Crippen molar-refractivity contribution in [2.45, 2.75) is 19.3 Å². The predicted octanol–water partition coefficient (Wildman–Crippen LogP) is 2.20. The fraction of sp³-hybridized carbons (Fsp3) is 0.389. The van der Waals surface area contributed by atoms with Crippen LogP contribution in [-0.2, 0) is 4.79 Å². The summed E-state index contributed by atoms with van der Waals surface area (Å²) in [5, 5.41) is 13.4. The van der Waals surface area contributed by atoms with E-state index in [0.717, 1.165) is 24.9 Å². The number of para-hydroxylation sites is 1. The Labute approximate surface area is 139 Å². The molecule has 1 saturated heterocycles. The Kier molecular flexibility index (Phi) is 3.40. The average Bonchev–Trinajstić information content (AvgIpc) is 3.09. The zero-order chi connectivity index (χ0) is 16.7. The number of carbonyl (C=O) groups excluding carboxylic acids is 1. The molecule has 1 saturated carbocycles. The van der Waals surface area contributed by atoms with Crippen LogP contribution in [0.3, 0.4) is 0 Å². The molecule has 2 aliphatic rings. The fourth-order valence-electron chi connectivity index (χ4n) is 3.74. The maximum atomic E-state index is 12.6. The topological polar surface area (TPSA) is 75.4 Å². The number of carboxylic acids is 1. The summed E-state index contributed by atoms with van der Waals surface area (Å²) < 4.78 is 1.69. The molecule has 24 heavy (non-hydrogen) atoms. The van der Waals surface area contributed by atoms with Crippen molar-refractivity contribution in [3.8, 4) is 5.69 Å². The van der Waals surface area contributed by atoms with Crippen molar-refractivity contribution in [3.05, 3.63) is 48.3 Å². The lowest BCUT2D eigenvalue weighted by atomic mass is 9.90. The van der Waals surface area contributed by atoms with Gasteiger partial charge in [-0.2, -0.15) is 5.10 Å². The summed E-state index contributed by atoms with van der Waals surface area (Å²) in [6.07, 6.45) is 5.66. The zero-order valence-corrected chi connectivity index (χ0v) is 13.3. The van der Waals surface area contributed by atoms with E-state index in [0.29, 0.717) is 18.7 Å². The highest BCUT2D eigenvalue weighted by Crippen LogP contribution is 2.59. The minimum absolute atomic E-state index is 0.0282. The van der Waals surface area contributed by atoms with Gasteiger partial charge in [-0.25, -0.2) is 4.68 Å². The number of benzene rings is 1. The first kappa shape index (κ1) is 14.9. The van der Waals surface area contributed by atoms with E-state index in [2.05, 4.69) is 5.10 Å². The highest BCUT2D eigenvalue weighted by molar-refractivity contribution is 5.94. The molecule has 0 radical (unpaired) electrons. The summed E-state index contributed by atoms with van der Waals surface area (Å²) >= 11 is 0. The molecule has 0 bridgehead atoms. The number of hydrogen-bond donors (Lipinski definition) is 1. The molecule has 6 nitrogen and oxygen atoms in total. The Morgan fingerprint density at radius 2 is 1.88 bits per heavy atom. The van der Waals surface area contributed by atoms with Crippen LogP contribution in [0.2, 0.25) is 0 Å². The van der Waals surface area contributed by atoms with Crippen LogP contribution >= 0.6 is 0 Å². The van der Waals surface area contributed by atoms with Crippen molar-refractivity contribution < 1.29 is 14.7 Å². The van der Waals surface area contributed by atoms with Gasteiger partial charge in [0, 0.05) is 19.3 Å². The molecule has 2 aromatic rings. The second-order valence-electron chi connectivity index (χ2n) is 6.76. The first-order valence-electron chi connectivity index (χ1n) is 8.21. The third-order valence-electron chi connectivity index (χ3n) is 5.38. The quantitative estimate of drug-likeness (QED) is 0.939. The Morgan fingerprint density at radius 1 is 1.17 bits per heavy atom. The van der Waals surface area contributed by atoms with Gasteiger partial charge in [-0.15, -0.1) is 0 Å². The molecular weight excluding hydrogens is 306 g/mol. The summed E-state index contributed by atoms with van der Waals surface area (Å²) in [5.41, 5.74) is 1.42. The Bertz CT molecular complexity index is 776. The largest absolute Gasteiger partial charge is 0.481 e. The van der Waals surface area contributed by atoms with E-state index in [1.54, 1.807) is 17.1 Å². The number of likely N-dealkylation sites (tertiary alicyclic amines) is 1. The SMILES string of the molecule is O=C(O)C1CC12CCN(C(=O)c1cnn(-c3ccccc3)c1)CC2. The first-order valence-corrected chi connectivity index (χ1v) is 8.21. The van der Waals surface area contributed by atoms with E-state index in [-0.39, 0.29) is 17.2 Å². The van der Waals surface area contributed by atoms with E-state index >= 15 is 0 Å². The number of amides is 1. The fourth-order valence-corrected chi connectivity index (χ4v) is 3.74. The monoisotopic (exact) mass is 325 g/mol. The van der Waals surface area contributed by atoms with Gasteiger partial charge in [0.2, 0.25) is 0 Å². The molecule has 6 heteroatoms. The van der Waals surface area contributed by atoms with Crippen LogP contribution in [0.4, 0.5) is 0 Å². The van der Waals surface area contributed by atoms with Gasteiger partial charge in [0.1, 0.15) is 0 Å². The third kappa shape index (κ3) is 2.48. The molecular formula is C18H19N3O3. The van der Waals surface area contributed by atoms with Gasteiger partial charge in [0.15, 0.2) is 0 Å². The standard InChI is InChI=1S/C18H19N3O3/c22-16(13-11-19-21(12-13)14-4-2-1-3-5-14)20-8-6-18(7-9-20)10-15(18)17(23)24/h1-5,11-12,15H,6-10H2,(H,23,24). The number of rotatable bonds is 3. The maximum absolute atomic E-state index is 12.6. The van der Waals surface area contributed by atoms with Crippen molar-refractivity contribution in [2.75, 3.05) is 13.1 Å². The Balaban J connectivity index is 1.43. The lowest BCUT2D eigenvalue weighted by molar-refractivity contribution is -0.139. The molecule has 4 rings (SSSR count). The second-order valence-corrected chi connectivity index (χ2v) is 6.76. The molecule has 1 aliphatic heterocycles. The number of carboxylic acid groups (broad SMARTS) is 1. The normalized spacial score (nSPS) is 21.7. The summed E-state index contributed by atoms with van der Waals surface area (Å²) in [6, 6.07) is 9.66. The van der Waals surface area contributed by atoms with Crippen molar-refractivity contribution in [2.24, 2.45) is 11.3 Å². The lowest BCUT2D eigenvalue weighted by Gasteiger charge is -2.32. The Morgan fingerprint density at radius 3 is 2.50 bits per heavy atom. The average molecular weight is 325 g/mol. The minimum atomic E-state index is -0.695. The predicted molar refractivity (Wildman–Crippen MR) is 86.9 cm³/mol. The molecule has 2 heterocycles. The minimum Gasteiger partial charge on any atom is -0.481 e. The number of nitrogens with zero attached hydrogens (tertiary/aromatic N) is 3. The van der Waals surface area contributed by atoms with Crippen LogP contribution in [0, 0.1) is 11.3 Å². The molecule has 1 atom stereocenters. The third-order valence-corrected chi connectivity index (χ3v) is 5.38.